The first-order chi connectivity index (χ1) is 11.1. The maximum Gasteiger partial charge on any atom is 0.317 e. The van der Waals surface area contributed by atoms with Crippen molar-refractivity contribution in [2.75, 3.05) is 13.1 Å². The highest BCUT2D eigenvalue weighted by molar-refractivity contribution is 5.75. The number of aryl methyl sites for hydroxylation is 2. The molecule has 0 saturated carbocycles. The van der Waals surface area contributed by atoms with Gasteiger partial charge in [-0.1, -0.05) is 42.4 Å². The number of nitrogens with one attached hydrogen (secondary N) is 1. The zero-order valence-electron chi connectivity index (χ0n) is 13.5. The average molecular weight is 314 g/mol. The number of likely N-dealkylation sites (tertiary alicyclic amines) is 1. The summed E-state index contributed by atoms with van der Waals surface area (Å²) in [5.41, 5.74) is 1.20. The summed E-state index contributed by atoms with van der Waals surface area (Å²) in [6.07, 6.45) is 1.46. The Labute approximate surface area is 135 Å². The molecule has 3 rings (SSSR count). The van der Waals surface area contributed by atoms with Crippen LogP contribution in [0.15, 0.2) is 34.9 Å². The largest absolute Gasteiger partial charge is 0.339 e. The lowest BCUT2D eigenvalue weighted by atomic mass is 9.85. The number of hydrogen-bond acceptors (Lipinski definition) is 4. The molecular weight excluding hydrogens is 292 g/mol. The van der Waals surface area contributed by atoms with Crippen LogP contribution in [-0.2, 0) is 6.42 Å². The van der Waals surface area contributed by atoms with Crippen LogP contribution in [0, 0.1) is 12.8 Å². The summed E-state index contributed by atoms with van der Waals surface area (Å²) in [7, 11) is 0. The maximum absolute atomic E-state index is 12.3. The highest BCUT2D eigenvalue weighted by Crippen LogP contribution is 2.38. The second kappa shape index (κ2) is 6.81. The van der Waals surface area contributed by atoms with Crippen molar-refractivity contribution in [2.45, 2.75) is 32.7 Å². The quantitative estimate of drug-likeness (QED) is 0.861. The number of nitrogens with zero attached hydrogens (tertiary/aromatic N) is 3. The predicted octanol–water partition coefficient (Wildman–Crippen LogP) is 2.71. The number of hydrogen-bond donors (Lipinski definition) is 1. The van der Waals surface area contributed by atoms with E-state index in [0.717, 1.165) is 13.0 Å². The summed E-state index contributed by atoms with van der Waals surface area (Å²) >= 11 is 0. The van der Waals surface area contributed by atoms with Crippen LogP contribution in [-0.4, -0.2) is 34.2 Å². The number of carbonyl (C=O) groups is 1. The minimum absolute atomic E-state index is 0.00124. The van der Waals surface area contributed by atoms with Crippen molar-refractivity contribution < 1.29 is 9.32 Å². The third kappa shape index (κ3) is 3.52. The van der Waals surface area contributed by atoms with Crippen LogP contribution in [0.1, 0.15) is 36.7 Å². The van der Waals surface area contributed by atoms with Gasteiger partial charge in [0.2, 0.25) is 5.89 Å². The first kappa shape index (κ1) is 15.5. The van der Waals surface area contributed by atoms with Crippen LogP contribution < -0.4 is 5.32 Å². The fourth-order valence-electron chi connectivity index (χ4n) is 3.04. The Hall–Kier alpha value is -2.37. The molecule has 0 radical (unpaired) electrons. The number of urea groups is 1. The topological polar surface area (TPSA) is 71.3 Å². The molecule has 122 valence electrons. The number of amides is 2. The minimum atomic E-state index is -0.00124. The third-order valence-corrected chi connectivity index (χ3v) is 4.17. The van der Waals surface area contributed by atoms with E-state index in [4.69, 9.17) is 4.52 Å². The molecule has 6 nitrogen and oxygen atoms in total. The molecule has 1 aliphatic heterocycles. The SMILES string of the molecule is Cc1noc(CCCNC(=O)N2CC(C)C2c2ccccc2)n1. The Balaban J connectivity index is 1.46. The van der Waals surface area contributed by atoms with Gasteiger partial charge in [-0.15, -0.1) is 0 Å². The number of carbonyl (C=O) groups excluding carboxylic acids is 1. The van der Waals surface area contributed by atoms with Crippen molar-refractivity contribution in [1.82, 2.24) is 20.4 Å². The van der Waals surface area contributed by atoms with Gasteiger partial charge in [0.05, 0.1) is 6.04 Å². The first-order valence-corrected chi connectivity index (χ1v) is 8.04. The van der Waals surface area contributed by atoms with Gasteiger partial charge < -0.3 is 14.7 Å². The van der Waals surface area contributed by atoms with Gasteiger partial charge in [-0.2, -0.15) is 4.98 Å². The monoisotopic (exact) mass is 314 g/mol. The first-order valence-electron chi connectivity index (χ1n) is 8.04. The van der Waals surface area contributed by atoms with Crippen LogP contribution in [0.2, 0.25) is 0 Å². The smallest absolute Gasteiger partial charge is 0.317 e. The molecule has 2 atom stereocenters. The van der Waals surface area contributed by atoms with Crippen molar-refractivity contribution in [3.8, 4) is 0 Å². The Bertz CT molecular complexity index is 656. The maximum atomic E-state index is 12.3. The van der Waals surface area contributed by atoms with E-state index in [-0.39, 0.29) is 12.1 Å². The number of rotatable bonds is 5. The molecule has 1 aliphatic rings. The standard InChI is InChI=1S/C17H22N4O2/c1-12-11-21(16(12)14-7-4-3-5-8-14)17(22)18-10-6-9-15-19-13(2)20-23-15/h3-5,7-8,12,16H,6,9-11H2,1-2H3,(H,18,22). The average Bonchev–Trinajstić information content (AvgIpc) is 2.95. The molecule has 1 saturated heterocycles. The van der Waals surface area contributed by atoms with E-state index >= 15 is 0 Å². The molecule has 6 heteroatoms. The number of benzene rings is 1. The molecule has 0 bridgehead atoms. The van der Waals surface area contributed by atoms with Crippen LogP contribution in [0.3, 0.4) is 0 Å². The van der Waals surface area contributed by atoms with E-state index in [1.165, 1.54) is 5.56 Å². The Kier molecular flexibility index (Phi) is 4.60. The Morgan fingerprint density at radius 2 is 2.17 bits per heavy atom. The minimum Gasteiger partial charge on any atom is -0.339 e. The summed E-state index contributed by atoms with van der Waals surface area (Å²) in [5, 5.41) is 6.73. The lowest BCUT2D eigenvalue weighted by Crippen LogP contribution is -2.55. The van der Waals surface area contributed by atoms with Gasteiger partial charge in [0.15, 0.2) is 5.82 Å². The zero-order chi connectivity index (χ0) is 16.2. The van der Waals surface area contributed by atoms with E-state index in [0.29, 0.717) is 30.6 Å². The number of aromatic nitrogens is 2. The van der Waals surface area contributed by atoms with Crippen LogP contribution in [0.25, 0.3) is 0 Å². The van der Waals surface area contributed by atoms with Crippen molar-refractivity contribution in [3.63, 3.8) is 0 Å². The molecule has 2 aromatic rings. The zero-order valence-corrected chi connectivity index (χ0v) is 13.5. The molecule has 0 aliphatic carbocycles. The molecule has 23 heavy (non-hydrogen) atoms. The van der Waals surface area contributed by atoms with Gasteiger partial charge in [0.25, 0.3) is 0 Å². The van der Waals surface area contributed by atoms with Gasteiger partial charge in [0.1, 0.15) is 0 Å². The highest BCUT2D eigenvalue weighted by Gasteiger charge is 2.39. The van der Waals surface area contributed by atoms with Crippen molar-refractivity contribution in [2.24, 2.45) is 5.92 Å². The Morgan fingerprint density at radius 1 is 1.39 bits per heavy atom. The lowest BCUT2D eigenvalue weighted by molar-refractivity contribution is 0.0593. The highest BCUT2D eigenvalue weighted by atomic mass is 16.5. The fourth-order valence-corrected chi connectivity index (χ4v) is 3.04. The molecular formula is C17H22N4O2. The second-order valence-electron chi connectivity index (χ2n) is 6.06. The normalized spacial score (nSPS) is 20.2. The van der Waals surface area contributed by atoms with E-state index in [1.54, 1.807) is 6.92 Å². The van der Waals surface area contributed by atoms with Crippen LogP contribution >= 0.6 is 0 Å². The summed E-state index contributed by atoms with van der Waals surface area (Å²) in [6, 6.07) is 10.4. The van der Waals surface area contributed by atoms with Crippen LogP contribution in [0.4, 0.5) is 4.79 Å². The van der Waals surface area contributed by atoms with Crippen molar-refractivity contribution >= 4 is 6.03 Å². The van der Waals surface area contributed by atoms with Gasteiger partial charge in [-0.25, -0.2) is 4.79 Å². The molecule has 0 spiro atoms. The van der Waals surface area contributed by atoms with Gasteiger partial charge >= 0.3 is 6.03 Å². The molecule has 1 aromatic heterocycles. The third-order valence-electron chi connectivity index (χ3n) is 4.17. The van der Waals surface area contributed by atoms with Crippen LogP contribution in [0.5, 0.6) is 0 Å². The van der Waals surface area contributed by atoms with Gasteiger partial charge in [-0.3, -0.25) is 0 Å². The molecule has 1 N–H and O–H groups in total. The summed E-state index contributed by atoms with van der Waals surface area (Å²) in [4.78, 5) is 18.4. The van der Waals surface area contributed by atoms with E-state index in [1.807, 2.05) is 23.1 Å². The predicted molar refractivity (Wildman–Crippen MR) is 85.8 cm³/mol. The molecule has 1 fully saturated rings. The van der Waals surface area contributed by atoms with Gasteiger partial charge in [-0.05, 0) is 24.8 Å². The molecule has 2 heterocycles. The van der Waals surface area contributed by atoms with E-state index in [9.17, 15) is 4.79 Å². The van der Waals surface area contributed by atoms with Gasteiger partial charge in [0, 0.05) is 19.5 Å². The Morgan fingerprint density at radius 3 is 2.83 bits per heavy atom. The summed E-state index contributed by atoms with van der Waals surface area (Å²) in [6.45, 7) is 5.38. The lowest BCUT2D eigenvalue weighted by Gasteiger charge is -2.46. The van der Waals surface area contributed by atoms with Crippen molar-refractivity contribution in [3.05, 3.63) is 47.6 Å². The fraction of sp³-hybridized carbons (Fsp3) is 0.471. The summed E-state index contributed by atoms with van der Waals surface area (Å²) < 4.78 is 5.06. The van der Waals surface area contributed by atoms with E-state index < -0.39 is 0 Å². The molecule has 1 aromatic carbocycles. The van der Waals surface area contributed by atoms with Crippen molar-refractivity contribution in [1.29, 1.82) is 0 Å². The van der Waals surface area contributed by atoms with E-state index in [2.05, 4.69) is 34.5 Å². The summed E-state index contributed by atoms with van der Waals surface area (Å²) in [5.74, 6) is 1.75. The second-order valence-corrected chi connectivity index (χ2v) is 6.06. The molecule has 2 amide bonds. The molecule has 2 unspecified atom stereocenters.